The summed E-state index contributed by atoms with van der Waals surface area (Å²) in [5.41, 5.74) is 0.360. The summed E-state index contributed by atoms with van der Waals surface area (Å²) in [5, 5.41) is 6.38. The lowest BCUT2D eigenvalue weighted by Crippen LogP contribution is -2.53. The lowest BCUT2D eigenvalue weighted by molar-refractivity contribution is -0.128. The zero-order valence-electron chi connectivity index (χ0n) is 12.2. The molecule has 4 heteroatoms. The second-order valence-electron chi connectivity index (χ2n) is 5.61. The van der Waals surface area contributed by atoms with Crippen LogP contribution >= 0.6 is 0 Å². The highest BCUT2D eigenvalue weighted by atomic mass is 19.1. The van der Waals surface area contributed by atoms with E-state index in [-0.39, 0.29) is 17.8 Å². The van der Waals surface area contributed by atoms with E-state index in [4.69, 9.17) is 0 Å². The van der Waals surface area contributed by atoms with Crippen LogP contribution in [0.2, 0.25) is 0 Å². The lowest BCUT2D eigenvalue weighted by atomic mass is 9.90. The van der Waals surface area contributed by atoms with Gasteiger partial charge in [-0.2, -0.15) is 0 Å². The lowest BCUT2D eigenvalue weighted by Gasteiger charge is -2.29. The molecule has 1 aliphatic heterocycles. The van der Waals surface area contributed by atoms with Crippen LogP contribution in [-0.4, -0.2) is 18.0 Å². The second kappa shape index (κ2) is 6.35. The summed E-state index contributed by atoms with van der Waals surface area (Å²) >= 11 is 0. The molecule has 1 amide bonds. The van der Waals surface area contributed by atoms with Crippen LogP contribution in [0.25, 0.3) is 0 Å². The van der Waals surface area contributed by atoms with Gasteiger partial charge in [0.1, 0.15) is 5.82 Å². The first-order valence-electron chi connectivity index (χ1n) is 7.39. The van der Waals surface area contributed by atoms with Gasteiger partial charge in [-0.25, -0.2) is 4.39 Å². The number of halogens is 1. The van der Waals surface area contributed by atoms with E-state index in [9.17, 15) is 9.18 Å². The molecule has 110 valence electrons. The van der Waals surface area contributed by atoms with Crippen LogP contribution in [0.4, 0.5) is 4.39 Å². The first-order chi connectivity index (χ1) is 9.57. The van der Waals surface area contributed by atoms with E-state index >= 15 is 0 Å². The predicted molar refractivity (Wildman–Crippen MR) is 77.8 cm³/mol. The van der Waals surface area contributed by atoms with E-state index in [0.717, 1.165) is 37.8 Å². The van der Waals surface area contributed by atoms with Crippen LogP contribution in [0.1, 0.15) is 51.1 Å². The second-order valence-corrected chi connectivity index (χ2v) is 5.61. The van der Waals surface area contributed by atoms with Crippen LogP contribution < -0.4 is 10.6 Å². The maximum Gasteiger partial charge on any atom is 0.240 e. The Morgan fingerprint density at radius 2 is 2.35 bits per heavy atom. The predicted octanol–water partition coefficient (Wildman–Crippen LogP) is 2.93. The molecule has 3 nitrogen and oxygen atoms in total. The van der Waals surface area contributed by atoms with Crippen molar-refractivity contribution in [3.05, 3.63) is 35.6 Å². The molecule has 20 heavy (non-hydrogen) atoms. The highest BCUT2D eigenvalue weighted by Crippen LogP contribution is 2.26. The molecule has 1 saturated heterocycles. The van der Waals surface area contributed by atoms with Gasteiger partial charge in [0.25, 0.3) is 0 Å². The number of benzene rings is 1. The number of carbonyl (C=O) groups is 1. The summed E-state index contributed by atoms with van der Waals surface area (Å²) in [6, 6.07) is 6.20. The van der Waals surface area contributed by atoms with E-state index in [1.807, 2.05) is 13.0 Å². The fourth-order valence-corrected chi connectivity index (χ4v) is 2.95. The van der Waals surface area contributed by atoms with Crippen molar-refractivity contribution in [3.63, 3.8) is 0 Å². The quantitative estimate of drug-likeness (QED) is 0.869. The Morgan fingerprint density at radius 3 is 2.95 bits per heavy atom. The summed E-state index contributed by atoms with van der Waals surface area (Å²) in [4.78, 5) is 12.6. The van der Waals surface area contributed by atoms with Crippen LogP contribution in [0.3, 0.4) is 0 Å². The van der Waals surface area contributed by atoms with Gasteiger partial charge in [0, 0.05) is 0 Å². The minimum Gasteiger partial charge on any atom is -0.348 e. The molecule has 1 aromatic rings. The summed E-state index contributed by atoms with van der Waals surface area (Å²) < 4.78 is 13.2. The van der Waals surface area contributed by atoms with Crippen molar-refractivity contribution in [2.45, 2.75) is 51.1 Å². The number of amides is 1. The zero-order valence-corrected chi connectivity index (χ0v) is 12.2. The smallest absolute Gasteiger partial charge is 0.240 e. The monoisotopic (exact) mass is 278 g/mol. The van der Waals surface area contributed by atoms with Gasteiger partial charge in [-0.3, -0.25) is 4.79 Å². The molecule has 0 aromatic heterocycles. The standard InChI is InChI=1S/C16H23FN2O/c1-3-8-16(9-5-10-18-16)15(20)19-12(2)13-6-4-7-14(17)11-13/h4,6-7,11-12,18H,3,5,8-10H2,1-2H3,(H,19,20)/t12-,16?/m0/s1. The molecular formula is C16H23FN2O. The van der Waals surface area contributed by atoms with Crippen molar-refractivity contribution in [2.75, 3.05) is 6.54 Å². The van der Waals surface area contributed by atoms with Crippen molar-refractivity contribution >= 4 is 5.91 Å². The average Bonchev–Trinajstić information content (AvgIpc) is 2.89. The molecule has 2 atom stereocenters. The summed E-state index contributed by atoms with van der Waals surface area (Å²) in [5.74, 6) is -0.237. The Bertz CT molecular complexity index is 469. The van der Waals surface area contributed by atoms with E-state index in [1.165, 1.54) is 12.1 Å². The maximum atomic E-state index is 13.2. The number of nitrogens with one attached hydrogen (secondary N) is 2. The van der Waals surface area contributed by atoms with Crippen LogP contribution in [0.15, 0.2) is 24.3 Å². The minimum absolute atomic E-state index is 0.0358. The third-order valence-electron chi connectivity index (χ3n) is 4.05. The molecule has 1 unspecified atom stereocenters. The molecule has 1 heterocycles. The zero-order chi connectivity index (χ0) is 14.6. The Kier molecular flexibility index (Phi) is 4.76. The minimum atomic E-state index is -0.434. The van der Waals surface area contributed by atoms with Crippen LogP contribution in [0.5, 0.6) is 0 Å². The molecule has 1 aliphatic rings. The SMILES string of the molecule is CCCC1(C(=O)N[C@@H](C)c2cccc(F)c2)CCCN1. The molecular weight excluding hydrogens is 255 g/mol. The van der Waals surface area contributed by atoms with Gasteiger partial charge in [0.15, 0.2) is 0 Å². The molecule has 2 N–H and O–H groups in total. The maximum absolute atomic E-state index is 13.2. The number of hydrogen-bond acceptors (Lipinski definition) is 2. The normalized spacial score (nSPS) is 23.6. The Balaban J connectivity index is 2.06. The summed E-state index contributed by atoms with van der Waals surface area (Å²) in [7, 11) is 0. The van der Waals surface area contributed by atoms with Gasteiger partial charge >= 0.3 is 0 Å². The summed E-state index contributed by atoms with van der Waals surface area (Å²) in [6.45, 7) is 4.87. The van der Waals surface area contributed by atoms with Gasteiger partial charge < -0.3 is 10.6 Å². The van der Waals surface area contributed by atoms with Crippen molar-refractivity contribution in [2.24, 2.45) is 0 Å². The van der Waals surface area contributed by atoms with Crippen molar-refractivity contribution in [1.82, 2.24) is 10.6 Å². The molecule has 0 bridgehead atoms. The third-order valence-corrected chi connectivity index (χ3v) is 4.05. The molecule has 1 fully saturated rings. The Morgan fingerprint density at radius 1 is 1.55 bits per heavy atom. The Hall–Kier alpha value is -1.42. The molecule has 2 rings (SSSR count). The largest absolute Gasteiger partial charge is 0.348 e. The van der Waals surface area contributed by atoms with Gasteiger partial charge in [-0.1, -0.05) is 25.5 Å². The highest BCUT2D eigenvalue weighted by Gasteiger charge is 2.40. The highest BCUT2D eigenvalue weighted by molar-refractivity contribution is 5.87. The first kappa shape index (κ1) is 15.0. The summed E-state index contributed by atoms with van der Waals surface area (Å²) in [6.07, 6.45) is 3.72. The molecule has 0 aliphatic carbocycles. The van der Waals surface area contributed by atoms with Gasteiger partial charge in [0.05, 0.1) is 11.6 Å². The van der Waals surface area contributed by atoms with E-state index in [0.29, 0.717) is 0 Å². The first-order valence-corrected chi connectivity index (χ1v) is 7.39. The van der Waals surface area contributed by atoms with Crippen molar-refractivity contribution in [1.29, 1.82) is 0 Å². The van der Waals surface area contributed by atoms with Gasteiger partial charge in [-0.15, -0.1) is 0 Å². The fourth-order valence-electron chi connectivity index (χ4n) is 2.95. The molecule has 1 aromatic carbocycles. The van der Waals surface area contributed by atoms with E-state index < -0.39 is 5.54 Å². The molecule has 0 spiro atoms. The average molecular weight is 278 g/mol. The number of rotatable bonds is 5. The number of hydrogen-bond donors (Lipinski definition) is 2. The van der Waals surface area contributed by atoms with Crippen molar-refractivity contribution in [3.8, 4) is 0 Å². The topological polar surface area (TPSA) is 41.1 Å². The van der Waals surface area contributed by atoms with Gasteiger partial charge in [-0.05, 0) is 50.4 Å². The fraction of sp³-hybridized carbons (Fsp3) is 0.562. The number of carbonyl (C=O) groups excluding carboxylic acids is 1. The van der Waals surface area contributed by atoms with Crippen LogP contribution in [-0.2, 0) is 4.79 Å². The third kappa shape index (κ3) is 3.18. The Labute approximate surface area is 120 Å². The molecule has 0 radical (unpaired) electrons. The van der Waals surface area contributed by atoms with Crippen molar-refractivity contribution < 1.29 is 9.18 Å². The van der Waals surface area contributed by atoms with Crippen LogP contribution in [0, 0.1) is 5.82 Å². The van der Waals surface area contributed by atoms with E-state index in [1.54, 1.807) is 6.07 Å². The van der Waals surface area contributed by atoms with E-state index in [2.05, 4.69) is 17.6 Å². The molecule has 0 saturated carbocycles. The van der Waals surface area contributed by atoms with Gasteiger partial charge in [0.2, 0.25) is 5.91 Å².